The number of halogens is 1. The van der Waals surface area contributed by atoms with Gasteiger partial charge in [0.15, 0.2) is 5.69 Å². The highest BCUT2D eigenvalue weighted by Gasteiger charge is 2.15. The van der Waals surface area contributed by atoms with Crippen molar-refractivity contribution in [3.63, 3.8) is 0 Å². The number of nitrogens with one attached hydrogen (secondary N) is 1. The number of nitrogens with zero attached hydrogens (tertiary/aromatic N) is 1. The number of methoxy groups -OCH3 is 1. The smallest absolute Gasteiger partial charge is 0.277 e. The van der Waals surface area contributed by atoms with Gasteiger partial charge in [-0.3, -0.25) is 4.79 Å². The first-order valence-corrected chi connectivity index (χ1v) is 6.13. The molecule has 0 bridgehead atoms. The monoisotopic (exact) mass is 309 g/mol. The van der Waals surface area contributed by atoms with E-state index in [2.05, 4.69) is 10.5 Å². The topological polar surface area (TPSA) is 104 Å². The number of aromatic carboxylic acids is 1. The predicted octanol–water partition coefficient (Wildman–Crippen LogP) is 1.26. The van der Waals surface area contributed by atoms with E-state index in [0.29, 0.717) is 5.76 Å². The minimum absolute atomic E-state index is 0.0195. The molecule has 0 aliphatic rings. The SMILES string of the molecule is COc1cc(NC(=O)c2cc(C)on2)c(Cl)cc1C(=O)[O-]. The van der Waals surface area contributed by atoms with Crippen molar-refractivity contribution in [3.05, 3.63) is 40.2 Å². The van der Waals surface area contributed by atoms with E-state index in [1.807, 2.05) is 0 Å². The van der Waals surface area contributed by atoms with Gasteiger partial charge in [0.2, 0.25) is 0 Å². The van der Waals surface area contributed by atoms with E-state index >= 15 is 0 Å². The third kappa shape index (κ3) is 3.14. The van der Waals surface area contributed by atoms with Crippen LogP contribution in [-0.2, 0) is 0 Å². The molecule has 1 aromatic carbocycles. The number of amides is 1. The number of carbonyl (C=O) groups is 2. The highest BCUT2D eigenvalue weighted by atomic mass is 35.5. The molecule has 0 aliphatic heterocycles. The molecule has 0 atom stereocenters. The molecule has 0 radical (unpaired) electrons. The molecule has 0 saturated heterocycles. The number of carbonyl (C=O) groups excluding carboxylic acids is 2. The fourth-order valence-corrected chi connectivity index (χ4v) is 1.85. The van der Waals surface area contributed by atoms with Crippen molar-refractivity contribution in [2.45, 2.75) is 6.92 Å². The first-order valence-electron chi connectivity index (χ1n) is 5.76. The van der Waals surface area contributed by atoms with Gasteiger partial charge in [-0.15, -0.1) is 0 Å². The second kappa shape index (κ2) is 5.84. The molecule has 1 amide bonds. The lowest BCUT2D eigenvalue weighted by molar-refractivity contribution is -0.255. The van der Waals surface area contributed by atoms with E-state index in [0.717, 1.165) is 6.07 Å². The summed E-state index contributed by atoms with van der Waals surface area (Å²) < 4.78 is 9.72. The summed E-state index contributed by atoms with van der Waals surface area (Å²) in [6.45, 7) is 1.65. The zero-order valence-corrected chi connectivity index (χ0v) is 11.9. The standard InChI is InChI=1S/C13H11ClN2O5/c1-6-3-10(16-21-6)12(17)15-9-5-11(20-2)7(13(18)19)4-8(9)14/h3-5H,1-2H3,(H,15,17)(H,18,19)/p-1. The Morgan fingerprint density at radius 2 is 2.10 bits per heavy atom. The van der Waals surface area contributed by atoms with Crippen LogP contribution in [0.15, 0.2) is 22.7 Å². The third-order valence-electron chi connectivity index (χ3n) is 2.62. The zero-order chi connectivity index (χ0) is 15.6. The first-order chi connectivity index (χ1) is 9.92. The number of carboxylic acids is 1. The molecule has 1 aromatic heterocycles. The van der Waals surface area contributed by atoms with Gasteiger partial charge in [0.25, 0.3) is 5.91 Å². The van der Waals surface area contributed by atoms with Gasteiger partial charge in [-0.1, -0.05) is 16.8 Å². The van der Waals surface area contributed by atoms with Gasteiger partial charge in [0, 0.05) is 17.7 Å². The summed E-state index contributed by atoms with van der Waals surface area (Å²) in [5.41, 5.74) is 0.0495. The van der Waals surface area contributed by atoms with Crippen LogP contribution in [0.25, 0.3) is 0 Å². The average molecular weight is 310 g/mol. The largest absolute Gasteiger partial charge is 0.545 e. The fraction of sp³-hybridized carbons (Fsp3) is 0.154. The zero-order valence-electron chi connectivity index (χ0n) is 11.1. The molecule has 0 saturated carbocycles. The Kier molecular flexibility index (Phi) is 4.13. The number of carboxylic acid groups (broad SMARTS) is 1. The number of aryl methyl sites for hydroxylation is 1. The van der Waals surface area contributed by atoms with Crippen LogP contribution in [0.5, 0.6) is 5.75 Å². The molecule has 1 N–H and O–H groups in total. The van der Waals surface area contributed by atoms with Crippen molar-refractivity contribution >= 4 is 29.2 Å². The number of hydrogen-bond donors (Lipinski definition) is 1. The molecule has 21 heavy (non-hydrogen) atoms. The summed E-state index contributed by atoms with van der Waals surface area (Å²) in [5.74, 6) is -1.47. The molecule has 110 valence electrons. The van der Waals surface area contributed by atoms with Gasteiger partial charge in [0.05, 0.1) is 23.8 Å². The highest BCUT2D eigenvalue weighted by Crippen LogP contribution is 2.31. The Hall–Kier alpha value is -2.54. The quantitative estimate of drug-likeness (QED) is 0.911. The Balaban J connectivity index is 2.32. The van der Waals surface area contributed by atoms with Crippen molar-refractivity contribution < 1.29 is 24.0 Å². The van der Waals surface area contributed by atoms with E-state index in [1.165, 1.54) is 19.2 Å². The second-order valence-electron chi connectivity index (χ2n) is 4.10. The number of benzene rings is 1. The molecule has 0 fully saturated rings. The van der Waals surface area contributed by atoms with Crippen molar-refractivity contribution in [2.24, 2.45) is 0 Å². The Morgan fingerprint density at radius 3 is 2.62 bits per heavy atom. The number of anilines is 1. The number of ether oxygens (including phenoxy) is 1. The van der Waals surface area contributed by atoms with E-state index in [9.17, 15) is 14.7 Å². The summed E-state index contributed by atoms with van der Waals surface area (Å²) in [4.78, 5) is 22.9. The Bertz CT molecular complexity index is 711. The van der Waals surface area contributed by atoms with E-state index in [-0.39, 0.29) is 27.7 Å². The first kappa shape index (κ1) is 14.9. The maximum absolute atomic E-state index is 11.9. The maximum Gasteiger partial charge on any atom is 0.277 e. The predicted molar refractivity (Wildman–Crippen MR) is 71.5 cm³/mol. The van der Waals surface area contributed by atoms with Gasteiger partial charge >= 0.3 is 0 Å². The molecule has 0 spiro atoms. The molecule has 7 nitrogen and oxygen atoms in total. The van der Waals surface area contributed by atoms with Gasteiger partial charge in [-0.25, -0.2) is 0 Å². The van der Waals surface area contributed by atoms with Crippen LogP contribution in [0.1, 0.15) is 26.6 Å². The lowest BCUT2D eigenvalue weighted by atomic mass is 10.1. The summed E-state index contributed by atoms with van der Waals surface area (Å²) in [6.07, 6.45) is 0. The van der Waals surface area contributed by atoms with Gasteiger partial charge < -0.3 is 24.5 Å². The van der Waals surface area contributed by atoms with E-state index in [1.54, 1.807) is 6.92 Å². The molecule has 0 aliphatic carbocycles. The summed E-state index contributed by atoms with van der Waals surface area (Å²) in [7, 11) is 1.29. The molecule has 0 unspecified atom stereocenters. The Labute approximate surface area is 124 Å². The average Bonchev–Trinajstić information content (AvgIpc) is 2.87. The third-order valence-corrected chi connectivity index (χ3v) is 2.93. The minimum Gasteiger partial charge on any atom is -0.545 e. The highest BCUT2D eigenvalue weighted by molar-refractivity contribution is 6.34. The molecule has 2 rings (SSSR count). The number of aromatic nitrogens is 1. The van der Waals surface area contributed by atoms with Crippen LogP contribution in [0, 0.1) is 6.92 Å². The van der Waals surface area contributed by atoms with Crippen LogP contribution < -0.4 is 15.2 Å². The van der Waals surface area contributed by atoms with Crippen LogP contribution >= 0.6 is 11.6 Å². The molecular formula is C13H10ClN2O5-. The van der Waals surface area contributed by atoms with Crippen LogP contribution in [0.4, 0.5) is 5.69 Å². The van der Waals surface area contributed by atoms with Gasteiger partial charge in [-0.2, -0.15) is 0 Å². The Morgan fingerprint density at radius 1 is 1.38 bits per heavy atom. The van der Waals surface area contributed by atoms with E-state index < -0.39 is 11.9 Å². The van der Waals surface area contributed by atoms with Crippen molar-refractivity contribution in [3.8, 4) is 5.75 Å². The maximum atomic E-state index is 11.9. The number of rotatable bonds is 4. The fourth-order valence-electron chi connectivity index (χ4n) is 1.64. The molecular weight excluding hydrogens is 300 g/mol. The summed E-state index contributed by atoms with van der Waals surface area (Å²) in [5, 5.41) is 17.0. The van der Waals surface area contributed by atoms with Crippen molar-refractivity contribution in [1.82, 2.24) is 5.16 Å². The van der Waals surface area contributed by atoms with Crippen molar-refractivity contribution in [2.75, 3.05) is 12.4 Å². The van der Waals surface area contributed by atoms with Crippen molar-refractivity contribution in [1.29, 1.82) is 0 Å². The van der Waals surface area contributed by atoms with Crippen LogP contribution in [0.3, 0.4) is 0 Å². The lowest BCUT2D eigenvalue weighted by Gasteiger charge is -2.13. The number of hydrogen-bond acceptors (Lipinski definition) is 6. The van der Waals surface area contributed by atoms with Crippen LogP contribution in [-0.4, -0.2) is 24.1 Å². The van der Waals surface area contributed by atoms with E-state index in [4.69, 9.17) is 20.9 Å². The molecule has 8 heteroatoms. The van der Waals surface area contributed by atoms with Gasteiger partial charge in [0.1, 0.15) is 11.5 Å². The van der Waals surface area contributed by atoms with Crippen LogP contribution in [0.2, 0.25) is 5.02 Å². The molecule has 2 aromatic rings. The lowest BCUT2D eigenvalue weighted by Crippen LogP contribution is -2.23. The minimum atomic E-state index is -1.43. The second-order valence-corrected chi connectivity index (χ2v) is 4.50. The van der Waals surface area contributed by atoms with Gasteiger partial charge in [-0.05, 0) is 13.0 Å². The summed E-state index contributed by atoms with van der Waals surface area (Å²) >= 11 is 5.93. The summed E-state index contributed by atoms with van der Waals surface area (Å²) in [6, 6.07) is 3.88. The molecule has 1 heterocycles. The normalized spacial score (nSPS) is 10.2.